The molecular formula is C15H23N3O4S. The minimum Gasteiger partial charge on any atom is -0.378 e. The number of nitrogens with zero attached hydrogens (tertiary/aromatic N) is 1. The molecule has 0 aliphatic carbocycles. The quantitative estimate of drug-likeness (QED) is 0.824. The molecule has 7 nitrogen and oxygen atoms in total. The number of nitrogens with two attached hydrogens (primary N) is 1. The van der Waals surface area contributed by atoms with Crippen LogP contribution in [-0.2, 0) is 19.6 Å². The second-order valence-corrected chi connectivity index (χ2v) is 7.50. The van der Waals surface area contributed by atoms with E-state index in [4.69, 9.17) is 9.88 Å². The highest BCUT2D eigenvalue weighted by atomic mass is 32.2. The van der Waals surface area contributed by atoms with Crippen molar-refractivity contribution >= 4 is 21.6 Å². The number of rotatable bonds is 5. The maximum absolute atomic E-state index is 12.2. The molecule has 0 saturated carbocycles. The summed E-state index contributed by atoms with van der Waals surface area (Å²) in [7, 11) is -3.72. The fourth-order valence-corrected chi connectivity index (χ4v) is 3.04. The van der Waals surface area contributed by atoms with E-state index in [-0.39, 0.29) is 22.9 Å². The van der Waals surface area contributed by atoms with Crippen LogP contribution in [0.15, 0.2) is 29.2 Å². The van der Waals surface area contributed by atoms with Gasteiger partial charge in [0.2, 0.25) is 15.9 Å². The van der Waals surface area contributed by atoms with Crippen LogP contribution in [-0.4, -0.2) is 51.1 Å². The third-order valence-electron chi connectivity index (χ3n) is 4.24. The van der Waals surface area contributed by atoms with E-state index in [0.717, 1.165) is 6.42 Å². The van der Waals surface area contributed by atoms with Gasteiger partial charge in [-0.2, -0.15) is 0 Å². The highest BCUT2D eigenvalue weighted by Crippen LogP contribution is 2.23. The predicted octanol–water partition coefficient (Wildman–Crippen LogP) is 0.773. The Morgan fingerprint density at radius 3 is 2.61 bits per heavy atom. The van der Waals surface area contributed by atoms with E-state index in [2.05, 4.69) is 24.1 Å². The Morgan fingerprint density at radius 1 is 1.39 bits per heavy atom. The third-order valence-corrected chi connectivity index (χ3v) is 5.17. The standard InChI is InChI=1S/C15H23N3O4S/c1-3-15(2)11-22-9-8-18(15)10-14(19)17-12-4-6-13(7-5-12)23(16,20)21/h4-7H,3,8-11H2,1-2H3,(H,17,19)(H2,16,20,21). The van der Waals surface area contributed by atoms with E-state index in [1.807, 2.05) is 0 Å². The lowest BCUT2D eigenvalue weighted by Gasteiger charge is -2.43. The first-order chi connectivity index (χ1) is 10.7. The predicted molar refractivity (Wildman–Crippen MR) is 87.5 cm³/mol. The number of ether oxygens (including phenoxy) is 1. The van der Waals surface area contributed by atoms with Gasteiger partial charge in [-0.05, 0) is 37.6 Å². The topological polar surface area (TPSA) is 102 Å². The number of primary sulfonamides is 1. The number of carbonyl (C=O) groups is 1. The maximum atomic E-state index is 12.2. The van der Waals surface area contributed by atoms with E-state index in [1.54, 1.807) is 0 Å². The molecule has 1 saturated heterocycles. The molecule has 1 amide bonds. The zero-order chi connectivity index (χ0) is 17.1. The van der Waals surface area contributed by atoms with Crippen molar-refractivity contribution in [2.75, 3.05) is 31.6 Å². The minimum absolute atomic E-state index is 0.0160. The van der Waals surface area contributed by atoms with E-state index >= 15 is 0 Å². The number of anilines is 1. The molecule has 2 rings (SSSR count). The van der Waals surface area contributed by atoms with E-state index < -0.39 is 10.0 Å². The minimum atomic E-state index is -3.72. The highest BCUT2D eigenvalue weighted by Gasteiger charge is 2.34. The molecule has 0 spiro atoms. The van der Waals surface area contributed by atoms with E-state index in [0.29, 0.717) is 25.4 Å². The van der Waals surface area contributed by atoms with Gasteiger partial charge in [-0.15, -0.1) is 0 Å². The summed E-state index contributed by atoms with van der Waals surface area (Å²) >= 11 is 0. The van der Waals surface area contributed by atoms with E-state index in [9.17, 15) is 13.2 Å². The van der Waals surface area contributed by atoms with Crippen LogP contribution in [0.2, 0.25) is 0 Å². The second-order valence-electron chi connectivity index (χ2n) is 5.94. The molecule has 1 aromatic rings. The molecule has 0 radical (unpaired) electrons. The maximum Gasteiger partial charge on any atom is 0.238 e. The van der Waals surface area contributed by atoms with Gasteiger partial charge < -0.3 is 10.1 Å². The average Bonchev–Trinajstić information content (AvgIpc) is 2.49. The molecule has 8 heteroatoms. The summed E-state index contributed by atoms with van der Waals surface area (Å²) < 4.78 is 27.9. The van der Waals surface area contributed by atoms with Crippen molar-refractivity contribution in [3.05, 3.63) is 24.3 Å². The molecule has 23 heavy (non-hydrogen) atoms. The molecule has 128 valence electrons. The van der Waals surface area contributed by atoms with Crippen LogP contribution >= 0.6 is 0 Å². The number of nitrogens with one attached hydrogen (secondary N) is 1. The van der Waals surface area contributed by atoms with Crippen LogP contribution in [0.4, 0.5) is 5.69 Å². The van der Waals surface area contributed by atoms with Gasteiger partial charge >= 0.3 is 0 Å². The van der Waals surface area contributed by atoms with Gasteiger partial charge in [-0.3, -0.25) is 9.69 Å². The van der Waals surface area contributed by atoms with Crippen LogP contribution in [0.3, 0.4) is 0 Å². The number of morpholine rings is 1. The summed E-state index contributed by atoms with van der Waals surface area (Å²) in [4.78, 5) is 14.4. The Balaban J connectivity index is 1.99. The summed E-state index contributed by atoms with van der Waals surface area (Å²) in [5, 5.41) is 7.82. The fourth-order valence-electron chi connectivity index (χ4n) is 2.53. The van der Waals surface area contributed by atoms with Gasteiger partial charge in [-0.1, -0.05) is 6.92 Å². The van der Waals surface area contributed by atoms with Crippen LogP contribution in [0.1, 0.15) is 20.3 Å². The lowest BCUT2D eigenvalue weighted by atomic mass is 9.96. The highest BCUT2D eigenvalue weighted by molar-refractivity contribution is 7.89. The first kappa shape index (κ1) is 17.9. The molecule has 1 heterocycles. The SMILES string of the molecule is CCC1(C)COCCN1CC(=O)Nc1ccc(S(N)(=O)=O)cc1. The van der Waals surface area contributed by atoms with Gasteiger partial charge in [0.25, 0.3) is 0 Å². The number of hydrogen-bond acceptors (Lipinski definition) is 5. The van der Waals surface area contributed by atoms with Crippen molar-refractivity contribution < 1.29 is 17.9 Å². The van der Waals surface area contributed by atoms with Crippen molar-refractivity contribution in [3.8, 4) is 0 Å². The zero-order valence-electron chi connectivity index (χ0n) is 13.4. The third kappa shape index (κ3) is 4.51. The van der Waals surface area contributed by atoms with Crippen LogP contribution in [0.25, 0.3) is 0 Å². The molecule has 3 N–H and O–H groups in total. The molecule has 1 aliphatic rings. The normalized spacial score (nSPS) is 22.7. The Bertz CT molecular complexity index is 660. The molecule has 0 aromatic heterocycles. The van der Waals surface area contributed by atoms with Crippen molar-refractivity contribution in [1.29, 1.82) is 0 Å². The summed E-state index contributed by atoms with van der Waals surface area (Å²) in [5.74, 6) is -0.144. The number of sulfonamides is 1. The summed E-state index contributed by atoms with van der Waals surface area (Å²) in [6.45, 7) is 6.37. The number of carbonyl (C=O) groups excluding carboxylic acids is 1. The smallest absolute Gasteiger partial charge is 0.238 e. The van der Waals surface area contributed by atoms with Crippen LogP contribution in [0.5, 0.6) is 0 Å². The number of amides is 1. The second kappa shape index (κ2) is 6.96. The summed E-state index contributed by atoms with van der Waals surface area (Å²) in [6, 6.07) is 5.79. The van der Waals surface area contributed by atoms with Crippen LogP contribution in [0, 0.1) is 0 Å². The van der Waals surface area contributed by atoms with Gasteiger partial charge in [0.1, 0.15) is 0 Å². The molecular weight excluding hydrogens is 318 g/mol. The zero-order valence-corrected chi connectivity index (χ0v) is 14.2. The fraction of sp³-hybridized carbons (Fsp3) is 0.533. The van der Waals surface area contributed by atoms with Crippen molar-refractivity contribution in [3.63, 3.8) is 0 Å². The first-order valence-electron chi connectivity index (χ1n) is 7.50. The van der Waals surface area contributed by atoms with Gasteiger partial charge in [-0.25, -0.2) is 13.6 Å². The Labute approximate surface area is 136 Å². The summed E-state index contributed by atoms with van der Waals surface area (Å²) in [5.41, 5.74) is 0.390. The lowest BCUT2D eigenvalue weighted by molar-refractivity contribution is -0.123. The molecule has 1 unspecified atom stereocenters. The van der Waals surface area contributed by atoms with Gasteiger partial charge in [0.15, 0.2) is 0 Å². The van der Waals surface area contributed by atoms with Crippen LogP contribution < -0.4 is 10.5 Å². The number of benzene rings is 1. The summed E-state index contributed by atoms with van der Waals surface area (Å²) in [6.07, 6.45) is 0.892. The molecule has 1 aromatic carbocycles. The Hall–Kier alpha value is -1.48. The lowest BCUT2D eigenvalue weighted by Crippen LogP contribution is -2.56. The molecule has 0 bridgehead atoms. The van der Waals surface area contributed by atoms with Gasteiger partial charge in [0, 0.05) is 17.8 Å². The molecule has 1 atom stereocenters. The van der Waals surface area contributed by atoms with Crippen molar-refractivity contribution in [1.82, 2.24) is 4.90 Å². The largest absolute Gasteiger partial charge is 0.378 e. The van der Waals surface area contributed by atoms with Crippen molar-refractivity contribution in [2.45, 2.75) is 30.7 Å². The molecule has 1 aliphatic heterocycles. The van der Waals surface area contributed by atoms with Crippen molar-refractivity contribution in [2.24, 2.45) is 5.14 Å². The molecule has 1 fully saturated rings. The Morgan fingerprint density at radius 2 is 2.04 bits per heavy atom. The monoisotopic (exact) mass is 341 g/mol. The van der Waals surface area contributed by atoms with E-state index in [1.165, 1.54) is 24.3 Å². The number of hydrogen-bond donors (Lipinski definition) is 2. The van der Waals surface area contributed by atoms with Gasteiger partial charge in [0.05, 0.1) is 24.7 Å². The average molecular weight is 341 g/mol. The first-order valence-corrected chi connectivity index (χ1v) is 9.05. The Kier molecular flexibility index (Phi) is 5.41.